The Bertz CT molecular complexity index is 1430. The lowest BCUT2D eigenvalue weighted by molar-refractivity contribution is 0.0518. The minimum Gasteiger partial charge on any atom is -0.461 e. The summed E-state index contributed by atoms with van der Waals surface area (Å²) in [6.45, 7) is 4.53. The molecule has 0 aliphatic carbocycles. The molecule has 6 heteroatoms. The monoisotopic (exact) mass is 436 g/mol. The number of ether oxygens (including phenoxy) is 1. The Morgan fingerprint density at radius 3 is 2.42 bits per heavy atom. The molecule has 0 saturated carbocycles. The molecule has 3 aromatic heterocycles. The second-order valence-electron chi connectivity index (χ2n) is 7.84. The molecule has 0 amide bonds. The molecule has 0 spiro atoms. The van der Waals surface area contributed by atoms with E-state index in [0.29, 0.717) is 18.8 Å². The highest BCUT2D eigenvalue weighted by Crippen LogP contribution is 2.32. The lowest BCUT2D eigenvalue weighted by Gasteiger charge is -2.08. The van der Waals surface area contributed by atoms with Crippen LogP contribution >= 0.6 is 0 Å². The average Bonchev–Trinajstić information content (AvgIpc) is 3.44. The minimum atomic E-state index is -0.406. The molecule has 0 atom stereocenters. The van der Waals surface area contributed by atoms with E-state index in [1.807, 2.05) is 53.9 Å². The fourth-order valence-electron chi connectivity index (χ4n) is 4.03. The highest BCUT2D eigenvalue weighted by Gasteiger charge is 2.16. The number of carbonyl (C=O) groups is 1. The van der Waals surface area contributed by atoms with Gasteiger partial charge in [0.2, 0.25) is 0 Å². The second-order valence-corrected chi connectivity index (χ2v) is 7.84. The summed E-state index contributed by atoms with van der Waals surface area (Å²) in [4.78, 5) is 12.1. The highest BCUT2D eigenvalue weighted by atomic mass is 16.5. The van der Waals surface area contributed by atoms with Gasteiger partial charge in [-0.2, -0.15) is 10.2 Å². The number of aromatic nitrogens is 4. The molecule has 2 aromatic carbocycles. The van der Waals surface area contributed by atoms with Gasteiger partial charge < -0.3 is 4.74 Å². The van der Waals surface area contributed by atoms with Gasteiger partial charge in [0.25, 0.3) is 0 Å². The molecule has 3 heterocycles. The molecule has 0 unspecified atom stereocenters. The van der Waals surface area contributed by atoms with Crippen LogP contribution in [0.4, 0.5) is 0 Å². The Labute approximate surface area is 192 Å². The number of rotatable bonds is 6. The van der Waals surface area contributed by atoms with Gasteiger partial charge in [-0.25, -0.2) is 9.31 Å². The van der Waals surface area contributed by atoms with Crippen LogP contribution in [-0.4, -0.2) is 32.0 Å². The Kier molecular flexibility index (Phi) is 5.48. The van der Waals surface area contributed by atoms with Gasteiger partial charge in [-0.1, -0.05) is 60.7 Å². The summed E-state index contributed by atoms with van der Waals surface area (Å²) in [5, 5.41) is 9.40. The standard InChI is InChI=1S/C27H24N4O2/c1-3-33-27(32)26-16-19(2)30(28-26)18-22-13-9-12-21-17-25(29-31(21)22)24-15-8-7-14-23(24)20-10-5-4-6-11-20/h4-17H,3,18H2,1-2H3. The molecule has 0 saturated heterocycles. The van der Waals surface area contributed by atoms with Crippen LogP contribution in [0.2, 0.25) is 0 Å². The Morgan fingerprint density at radius 1 is 0.879 bits per heavy atom. The van der Waals surface area contributed by atoms with Crippen molar-refractivity contribution < 1.29 is 9.53 Å². The molecular formula is C27H24N4O2. The first-order chi connectivity index (χ1) is 16.1. The first-order valence-corrected chi connectivity index (χ1v) is 11.0. The van der Waals surface area contributed by atoms with Crippen molar-refractivity contribution in [2.45, 2.75) is 20.4 Å². The summed E-state index contributed by atoms with van der Waals surface area (Å²) in [7, 11) is 0. The van der Waals surface area contributed by atoms with Crippen molar-refractivity contribution in [2.24, 2.45) is 0 Å². The van der Waals surface area contributed by atoms with E-state index in [1.54, 1.807) is 17.7 Å². The van der Waals surface area contributed by atoms with Crippen LogP contribution in [-0.2, 0) is 11.3 Å². The van der Waals surface area contributed by atoms with Gasteiger partial charge in [0.05, 0.1) is 30.1 Å². The zero-order valence-corrected chi connectivity index (χ0v) is 18.6. The molecule has 5 rings (SSSR count). The summed E-state index contributed by atoms with van der Waals surface area (Å²) >= 11 is 0. The average molecular weight is 437 g/mol. The third-order valence-electron chi connectivity index (χ3n) is 5.63. The largest absolute Gasteiger partial charge is 0.461 e. The van der Waals surface area contributed by atoms with E-state index >= 15 is 0 Å². The van der Waals surface area contributed by atoms with Gasteiger partial charge in [-0.3, -0.25) is 4.68 Å². The summed E-state index contributed by atoms with van der Waals surface area (Å²) < 4.78 is 8.84. The van der Waals surface area contributed by atoms with E-state index in [9.17, 15) is 4.79 Å². The van der Waals surface area contributed by atoms with Gasteiger partial charge in [-0.05, 0) is 49.2 Å². The maximum absolute atomic E-state index is 12.1. The van der Waals surface area contributed by atoms with Crippen molar-refractivity contribution in [3.05, 3.63) is 102 Å². The molecule has 0 aliphatic heterocycles. The number of benzene rings is 2. The Morgan fingerprint density at radius 2 is 1.64 bits per heavy atom. The van der Waals surface area contributed by atoms with Crippen LogP contribution in [0.25, 0.3) is 27.9 Å². The molecule has 6 nitrogen and oxygen atoms in total. The third kappa shape index (κ3) is 4.03. The maximum atomic E-state index is 12.1. The van der Waals surface area contributed by atoms with Crippen molar-refractivity contribution in [3.8, 4) is 22.4 Å². The highest BCUT2D eigenvalue weighted by molar-refractivity contribution is 5.87. The number of nitrogens with zero attached hydrogens (tertiary/aromatic N) is 4. The van der Waals surface area contributed by atoms with Gasteiger partial charge in [0.15, 0.2) is 5.69 Å². The summed E-state index contributed by atoms with van der Waals surface area (Å²) in [5.41, 5.74) is 7.47. The van der Waals surface area contributed by atoms with Gasteiger partial charge in [0, 0.05) is 11.3 Å². The lowest BCUT2D eigenvalue weighted by Crippen LogP contribution is -2.10. The molecule has 164 valence electrons. The van der Waals surface area contributed by atoms with Gasteiger partial charge in [0.1, 0.15) is 0 Å². The number of esters is 1. The van der Waals surface area contributed by atoms with E-state index in [0.717, 1.165) is 39.3 Å². The lowest BCUT2D eigenvalue weighted by atomic mass is 9.98. The third-order valence-corrected chi connectivity index (χ3v) is 5.63. The molecule has 5 aromatic rings. The van der Waals surface area contributed by atoms with Crippen LogP contribution in [0, 0.1) is 6.92 Å². The van der Waals surface area contributed by atoms with E-state index in [4.69, 9.17) is 9.84 Å². The van der Waals surface area contributed by atoms with Gasteiger partial charge >= 0.3 is 5.97 Å². The number of hydrogen-bond acceptors (Lipinski definition) is 4. The molecule has 33 heavy (non-hydrogen) atoms. The van der Waals surface area contributed by atoms with Gasteiger partial charge in [-0.15, -0.1) is 0 Å². The van der Waals surface area contributed by atoms with E-state index < -0.39 is 5.97 Å². The fraction of sp³-hybridized carbons (Fsp3) is 0.148. The van der Waals surface area contributed by atoms with Crippen LogP contribution in [0.1, 0.15) is 28.8 Å². The minimum absolute atomic E-state index is 0.319. The quantitative estimate of drug-likeness (QED) is 0.335. The molecule has 0 bridgehead atoms. The van der Waals surface area contributed by atoms with E-state index in [1.165, 1.54) is 0 Å². The first-order valence-electron chi connectivity index (χ1n) is 11.0. The molecular weight excluding hydrogens is 412 g/mol. The number of fused-ring (bicyclic) bond motifs is 1. The molecule has 0 radical (unpaired) electrons. The number of pyridine rings is 1. The van der Waals surface area contributed by atoms with Crippen LogP contribution in [0.15, 0.2) is 84.9 Å². The zero-order valence-electron chi connectivity index (χ0n) is 18.6. The summed E-state index contributed by atoms with van der Waals surface area (Å²) in [6, 6.07) is 28.6. The molecule has 0 N–H and O–H groups in total. The van der Waals surface area contributed by atoms with Crippen molar-refractivity contribution >= 4 is 11.5 Å². The molecule has 0 aliphatic rings. The van der Waals surface area contributed by atoms with Crippen LogP contribution < -0.4 is 0 Å². The van der Waals surface area contributed by atoms with Crippen molar-refractivity contribution in [3.63, 3.8) is 0 Å². The summed E-state index contributed by atoms with van der Waals surface area (Å²) in [6.07, 6.45) is 0. The predicted molar refractivity (Wildman–Crippen MR) is 128 cm³/mol. The van der Waals surface area contributed by atoms with Crippen molar-refractivity contribution in [1.82, 2.24) is 19.4 Å². The van der Waals surface area contributed by atoms with Crippen molar-refractivity contribution in [2.75, 3.05) is 6.61 Å². The maximum Gasteiger partial charge on any atom is 0.358 e. The SMILES string of the molecule is CCOC(=O)c1cc(C)n(Cc2cccc3cc(-c4ccccc4-c4ccccc4)nn23)n1. The van der Waals surface area contributed by atoms with E-state index in [-0.39, 0.29) is 0 Å². The smallest absolute Gasteiger partial charge is 0.358 e. The van der Waals surface area contributed by atoms with Crippen LogP contribution in [0.3, 0.4) is 0 Å². The fourth-order valence-corrected chi connectivity index (χ4v) is 4.03. The summed E-state index contributed by atoms with van der Waals surface area (Å²) in [5.74, 6) is -0.406. The Balaban J connectivity index is 1.53. The first kappa shape index (κ1) is 20.7. The Hall–Kier alpha value is -4.19. The number of aryl methyl sites for hydroxylation is 1. The second kappa shape index (κ2) is 8.74. The number of hydrogen-bond donors (Lipinski definition) is 0. The zero-order chi connectivity index (χ0) is 22.8. The van der Waals surface area contributed by atoms with Crippen LogP contribution in [0.5, 0.6) is 0 Å². The molecule has 0 fully saturated rings. The number of carbonyl (C=O) groups excluding carboxylic acids is 1. The topological polar surface area (TPSA) is 61.4 Å². The normalized spacial score (nSPS) is 11.1. The van der Waals surface area contributed by atoms with Crippen molar-refractivity contribution in [1.29, 1.82) is 0 Å². The predicted octanol–water partition coefficient (Wildman–Crippen LogP) is 5.40. The van der Waals surface area contributed by atoms with E-state index in [2.05, 4.69) is 41.5 Å².